The van der Waals surface area contributed by atoms with E-state index in [1.54, 1.807) is 0 Å². The molecule has 0 unspecified atom stereocenters. The van der Waals surface area contributed by atoms with Gasteiger partial charge in [0.2, 0.25) is 0 Å². The molecule has 0 radical (unpaired) electrons. The molecule has 0 fully saturated rings. The first kappa shape index (κ1) is 7.76. The van der Waals surface area contributed by atoms with Crippen molar-refractivity contribution in [2.45, 2.75) is 0 Å². The lowest BCUT2D eigenvalue weighted by Crippen LogP contribution is -2.34. The molecule has 0 saturated carbocycles. The van der Waals surface area contributed by atoms with Crippen LogP contribution in [0, 0.1) is 0 Å². The molecule has 0 atom stereocenters. The summed E-state index contributed by atoms with van der Waals surface area (Å²) in [5.41, 5.74) is 4.66. The molecule has 0 bridgehead atoms. The molecule has 8 heavy (non-hydrogen) atoms. The lowest BCUT2D eigenvalue weighted by atomic mass is 11.2. The zero-order valence-electron chi connectivity index (χ0n) is 4.13. The standard InChI is InChI=1S/C2H8N2O4/c5-7-1-3-4-2-8-6/h3-6H,1-2H2. The second-order valence-corrected chi connectivity index (χ2v) is 0.900. The monoisotopic (exact) mass is 124 g/mol. The summed E-state index contributed by atoms with van der Waals surface area (Å²) in [5.74, 6) is 0. The summed E-state index contributed by atoms with van der Waals surface area (Å²) in [6.45, 7) is -0.132. The highest BCUT2D eigenvalue weighted by Gasteiger charge is 1.79. The largest absolute Gasteiger partial charge is 0.250 e. The number of hydrogen-bond donors (Lipinski definition) is 4. The van der Waals surface area contributed by atoms with Gasteiger partial charge in [0.25, 0.3) is 0 Å². The van der Waals surface area contributed by atoms with Crippen LogP contribution in [-0.2, 0) is 9.78 Å². The summed E-state index contributed by atoms with van der Waals surface area (Å²) in [6, 6.07) is 0. The van der Waals surface area contributed by atoms with E-state index >= 15 is 0 Å². The van der Waals surface area contributed by atoms with Gasteiger partial charge in [-0.2, -0.15) is 0 Å². The third-order valence-electron chi connectivity index (χ3n) is 0.398. The Morgan fingerprint density at radius 2 is 1.38 bits per heavy atom. The number of nitrogens with one attached hydrogen (secondary N) is 2. The van der Waals surface area contributed by atoms with Crippen LogP contribution in [0.5, 0.6) is 0 Å². The second kappa shape index (κ2) is 6.76. The van der Waals surface area contributed by atoms with E-state index in [0.29, 0.717) is 0 Å². The molecule has 0 amide bonds. The highest BCUT2D eigenvalue weighted by Crippen LogP contribution is 1.54. The Hall–Kier alpha value is -0.240. The third kappa shape index (κ3) is 5.76. The first-order valence-corrected chi connectivity index (χ1v) is 1.90. The molecular formula is C2H8N2O4. The van der Waals surface area contributed by atoms with Crippen LogP contribution in [0.25, 0.3) is 0 Å². The Morgan fingerprint density at radius 1 is 1.00 bits per heavy atom. The molecule has 0 heterocycles. The van der Waals surface area contributed by atoms with E-state index in [1.807, 2.05) is 0 Å². The summed E-state index contributed by atoms with van der Waals surface area (Å²) < 4.78 is 0. The summed E-state index contributed by atoms with van der Waals surface area (Å²) in [4.78, 5) is 7.16. The Kier molecular flexibility index (Phi) is 6.56. The maximum atomic E-state index is 7.66. The van der Waals surface area contributed by atoms with E-state index in [2.05, 4.69) is 20.6 Å². The van der Waals surface area contributed by atoms with Gasteiger partial charge >= 0.3 is 0 Å². The molecule has 0 aromatic heterocycles. The molecule has 50 valence electrons. The van der Waals surface area contributed by atoms with Crippen LogP contribution in [0.15, 0.2) is 0 Å². The smallest absolute Gasteiger partial charge is 0.145 e. The molecular weight excluding hydrogens is 116 g/mol. The Morgan fingerprint density at radius 3 is 1.62 bits per heavy atom. The highest BCUT2D eigenvalue weighted by atomic mass is 17.1. The predicted octanol–water partition coefficient (Wildman–Crippen LogP) is -1.03. The average Bonchev–Trinajstić information content (AvgIpc) is 1.81. The van der Waals surface area contributed by atoms with E-state index in [4.69, 9.17) is 10.5 Å². The summed E-state index contributed by atoms with van der Waals surface area (Å²) in [5, 5.41) is 15.3. The molecule has 0 aliphatic carbocycles. The minimum atomic E-state index is -0.0661. The van der Waals surface area contributed by atoms with E-state index in [-0.39, 0.29) is 13.5 Å². The summed E-state index contributed by atoms with van der Waals surface area (Å²) in [7, 11) is 0. The van der Waals surface area contributed by atoms with Crippen molar-refractivity contribution in [3.8, 4) is 0 Å². The molecule has 0 aliphatic rings. The fourth-order valence-corrected chi connectivity index (χ4v) is 0.167. The zero-order valence-corrected chi connectivity index (χ0v) is 4.13. The van der Waals surface area contributed by atoms with Crippen molar-refractivity contribution in [3.05, 3.63) is 0 Å². The van der Waals surface area contributed by atoms with Gasteiger partial charge in [0.1, 0.15) is 13.5 Å². The van der Waals surface area contributed by atoms with E-state index in [0.717, 1.165) is 0 Å². The van der Waals surface area contributed by atoms with Crippen LogP contribution in [0.4, 0.5) is 0 Å². The van der Waals surface area contributed by atoms with Crippen molar-refractivity contribution in [2.75, 3.05) is 13.5 Å². The van der Waals surface area contributed by atoms with Crippen molar-refractivity contribution in [2.24, 2.45) is 0 Å². The number of hydrazine groups is 1. The number of hydrogen-bond acceptors (Lipinski definition) is 6. The van der Waals surface area contributed by atoms with E-state index in [1.165, 1.54) is 0 Å². The zero-order chi connectivity index (χ0) is 6.24. The lowest BCUT2D eigenvalue weighted by molar-refractivity contribution is -0.264. The van der Waals surface area contributed by atoms with Crippen LogP contribution in [0.1, 0.15) is 0 Å². The van der Waals surface area contributed by atoms with Crippen molar-refractivity contribution in [1.29, 1.82) is 0 Å². The molecule has 4 N–H and O–H groups in total. The fourth-order valence-electron chi connectivity index (χ4n) is 0.167. The minimum absolute atomic E-state index is 0.0661. The van der Waals surface area contributed by atoms with Crippen LogP contribution >= 0.6 is 0 Å². The van der Waals surface area contributed by atoms with Gasteiger partial charge in [-0.25, -0.2) is 20.6 Å². The lowest BCUT2D eigenvalue weighted by Gasteiger charge is -1.99. The van der Waals surface area contributed by atoms with Gasteiger partial charge in [-0.1, -0.05) is 0 Å². The Bertz CT molecular complexity index is 37.0. The molecule has 0 aliphatic heterocycles. The van der Waals surface area contributed by atoms with Gasteiger partial charge in [-0.05, 0) is 0 Å². The third-order valence-corrected chi connectivity index (χ3v) is 0.398. The number of rotatable bonds is 5. The summed E-state index contributed by atoms with van der Waals surface area (Å²) >= 11 is 0. The van der Waals surface area contributed by atoms with Crippen LogP contribution < -0.4 is 10.9 Å². The van der Waals surface area contributed by atoms with Crippen molar-refractivity contribution >= 4 is 0 Å². The predicted molar refractivity (Wildman–Crippen MR) is 23.4 cm³/mol. The quantitative estimate of drug-likeness (QED) is 0.162. The van der Waals surface area contributed by atoms with Crippen LogP contribution in [0.3, 0.4) is 0 Å². The first-order chi connectivity index (χ1) is 3.91. The molecule has 0 aromatic rings. The van der Waals surface area contributed by atoms with Gasteiger partial charge in [0.05, 0.1) is 0 Å². The van der Waals surface area contributed by atoms with Gasteiger partial charge in [0, 0.05) is 0 Å². The molecule has 0 spiro atoms. The Labute approximate surface area is 45.8 Å². The van der Waals surface area contributed by atoms with E-state index in [9.17, 15) is 0 Å². The highest BCUT2D eigenvalue weighted by molar-refractivity contribution is 4.15. The van der Waals surface area contributed by atoms with Gasteiger partial charge < -0.3 is 0 Å². The van der Waals surface area contributed by atoms with Gasteiger partial charge in [-0.3, -0.25) is 10.5 Å². The van der Waals surface area contributed by atoms with E-state index < -0.39 is 0 Å². The molecule has 0 aromatic carbocycles. The summed E-state index contributed by atoms with van der Waals surface area (Å²) in [6.07, 6.45) is 0. The maximum Gasteiger partial charge on any atom is 0.145 e. The first-order valence-electron chi connectivity index (χ1n) is 1.90. The van der Waals surface area contributed by atoms with Gasteiger partial charge in [0.15, 0.2) is 0 Å². The van der Waals surface area contributed by atoms with Crippen molar-refractivity contribution < 1.29 is 20.3 Å². The maximum absolute atomic E-state index is 7.66. The second-order valence-electron chi connectivity index (χ2n) is 0.900. The molecule has 6 nitrogen and oxygen atoms in total. The SMILES string of the molecule is OOCNNCOO. The van der Waals surface area contributed by atoms with Crippen molar-refractivity contribution in [3.63, 3.8) is 0 Å². The topological polar surface area (TPSA) is 83.0 Å². The molecule has 6 heteroatoms. The molecule has 0 rings (SSSR count). The average molecular weight is 124 g/mol. The van der Waals surface area contributed by atoms with Gasteiger partial charge in [-0.15, -0.1) is 0 Å². The minimum Gasteiger partial charge on any atom is -0.250 e. The van der Waals surface area contributed by atoms with Crippen LogP contribution in [0.2, 0.25) is 0 Å². The normalized spacial score (nSPS) is 9.75. The van der Waals surface area contributed by atoms with Crippen molar-refractivity contribution in [1.82, 2.24) is 10.9 Å². The Balaban J connectivity index is 2.53. The molecule has 0 saturated heterocycles. The fraction of sp³-hybridized carbons (Fsp3) is 1.00. The van der Waals surface area contributed by atoms with Crippen LogP contribution in [-0.4, -0.2) is 24.0 Å².